The number of nitrogens with one attached hydrogen (secondary N) is 2. The molecule has 0 unspecified atom stereocenters. The lowest BCUT2D eigenvalue weighted by Crippen LogP contribution is -2.39. The fourth-order valence-electron chi connectivity index (χ4n) is 3.81. The average Bonchev–Trinajstić information content (AvgIpc) is 3.51. The first kappa shape index (κ1) is 21.8. The van der Waals surface area contributed by atoms with E-state index in [1.54, 1.807) is 17.0 Å². The molecule has 168 valence electrons. The summed E-state index contributed by atoms with van der Waals surface area (Å²) in [6.07, 6.45) is 4.15. The summed E-state index contributed by atoms with van der Waals surface area (Å²) in [5.41, 5.74) is 0. The molecule has 2 N–H and O–H groups in total. The number of hydrogen-bond acceptors (Lipinski definition) is 6. The predicted octanol–water partition coefficient (Wildman–Crippen LogP) is 2.16. The molecule has 1 aliphatic heterocycles. The van der Waals surface area contributed by atoms with Crippen molar-refractivity contribution < 1.29 is 17.9 Å². The molecular weight excluding hydrogens is 418 g/mol. The van der Waals surface area contributed by atoms with Crippen LogP contribution in [-0.4, -0.2) is 60.6 Å². The van der Waals surface area contributed by atoms with Crippen molar-refractivity contribution in [2.45, 2.75) is 55.8 Å². The molecule has 1 saturated carbocycles. The summed E-state index contributed by atoms with van der Waals surface area (Å²) in [5, 5.41) is 7.39. The third-order valence-corrected chi connectivity index (χ3v) is 7.25. The van der Waals surface area contributed by atoms with E-state index in [1.807, 2.05) is 6.92 Å². The topological polar surface area (TPSA) is 117 Å². The summed E-state index contributed by atoms with van der Waals surface area (Å²) in [7, 11) is -3.66. The van der Waals surface area contributed by atoms with E-state index >= 15 is 0 Å². The molecule has 1 aliphatic carbocycles. The Hall–Kier alpha value is -2.46. The minimum Gasteiger partial charge on any atom is -0.494 e. The Morgan fingerprint density at radius 3 is 2.52 bits per heavy atom. The molecule has 2 aliphatic rings. The number of nitrogens with zero attached hydrogens (tertiary/aromatic N) is 3. The molecule has 10 heteroatoms. The SMILES string of the molecule is CCOc1ccc(S(=O)(=O)NCCC(=O)N2CCC(c3nc(C4CC4)n[nH]3)CC2)cc1. The number of carbonyl (C=O) groups excluding carboxylic acids is 1. The Morgan fingerprint density at radius 2 is 1.87 bits per heavy atom. The highest BCUT2D eigenvalue weighted by molar-refractivity contribution is 7.89. The monoisotopic (exact) mass is 447 g/mol. The average molecular weight is 448 g/mol. The van der Waals surface area contributed by atoms with Crippen LogP contribution in [0.5, 0.6) is 5.75 Å². The maximum absolute atomic E-state index is 12.5. The maximum Gasteiger partial charge on any atom is 0.240 e. The number of likely N-dealkylation sites (tertiary alicyclic amines) is 1. The van der Waals surface area contributed by atoms with Crippen molar-refractivity contribution >= 4 is 15.9 Å². The summed E-state index contributed by atoms with van der Waals surface area (Å²) in [5.74, 6) is 3.25. The molecule has 9 nitrogen and oxygen atoms in total. The van der Waals surface area contributed by atoms with Gasteiger partial charge >= 0.3 is 0 Å². The van der Waals surface area contributed by atoms with Gasteiger partial charge < -0.3 is 9.64 Å². The fraction of sp³-hybridized carbons (Fsp3) is 0.571. The van der Waals surface area contributed by atoms with Crippen LogP contribution >= 0.6 is 0 Å². The van der Waals surface area contributed by atoms with Gasteiger partial charge in [-0.3, -0.25) is 9.89 Å². The molecule has 2 aromatic rings. The smallest absolute Gasteiger partial charge is 0.240 e. The fourth-order valence-corrected chi connectivity index (χ4v) is 4.84. The van der Waals surface area contributed by atoms with Crippen LogP contribution < -0.4 is 9.46 Å². The second-order valence-electron chi connectivity index (χ2n) is 8.06. The van der Waals surface area contributed by atoms with E-state index in [0.29, 0.717) is 37.3 Å². The number of rotatable bonds is 9. The summed E-state index contributed by atoms with van der Waals surface area (Å²) in [4.78, 5) is 19.1. The molecule has 1 amide bonds. The Kier molecular flexibility index (Phi) is 6.57. The van der Waals surface area contributed by atoms with E-state index in [-0.39, 0.29) is 23.8 Å². The van der Waals surface area contributed by atoms with Crippen LogP contribution in [-0.2, 0) is 14.8 Å². The molecule has 1 aromatic carbocycles. The van der Waals surface area contributed by atoms with E-state index in [4.69, 9.17) is 4.74 Å². The molecule has 0 radical (unpaired) electrons. The Balaban J connectivity index is 1.21. The highest BCUT2D eigenvalue weighted by Crippen LogP contribution is 2.38. The van der Waals surface area contributed by atoms with Crippen LogP contribution in [0, 0.1) is 0 Å². The molecule has 1 aromatic heterocycles. The Labute approximate surface area is 182 Å². The maximum atomic E-state index is 12.5. The minimum absolute atomic E-state index is 0.0379. The first-order valence-corrected chi connectivity index (χ1v) is 12.4. The highest BCUT2D eigenvalue weighted by atomic mass is 32.2. The molecule has 2 heterocycles. The summed E-state index contributed by atoms with van der Waals surface area (Å²) < 4.78 is 32.7. The lowest BCUT2D eigenvalue weighted by molar-refractivity contribution is -0.132. The van der Waals surface area contributed by atoms with Crippen molar-refractivity contribution in [3.05, 3.63) is 35.9 Å². The van der Waals surface area contributed by atoms with Crippen molar-refractivity contribution in [1.29, 1.82) is 0 Å². The van der Waals surface area contributed by atoms with Crippen molar-refractivity contribution in [3.63, 3.8) is 0 Å². The van der Waals surface area contributed by atoms with Crippen LogP contribution in [0.1, 0.15) is 62.5 Å². The van der Waals surface area contributed by atoms with Gasteiger partial charge in [0, 0.05) is 37.9 Å². The molecular formula is C21H29N5O4S. The van der Waals surface area contributed by atoms with E-state index in [1.165, 1.54) is 25.0 Å². The molecule has 0 atom stereocenters. The number of carbonyl (C=O) groups is 1. The standard InChI is InChI=1S/C21H29N5O4S/c1-2-30-17-5-7-18(8-6-17)31(28,29)22-12-9-19(27)26-13-10-16(11-14-26)21-23-20(24-25-21)15-3-4-15/h5-8,15-16,22H,2-4,9-14H2,1H3,(H,23,24,25). The number of amides is 1. The number of benzene rings is 1. The highest BCUT2D eigenvalue weighted by Gasteiger charge is 2.30. The van der Waals surface area contributed by atoms with Gasteiger partial charge in [-0.15, -0.1) is 0 Å². The second-order valence-corrected chi connectivity index (χ2v) is 9.83. The van der Waals surface area contributed by atoms with Gasteiger partial charge in [-0.1, -0.05) is 0 Å². The number of sulfonamides is 1. The van der Waals surface area contributed by atoms with Crippen molar-refractivity contribution in [2.75, 3.05) is 26.2 Å². The van der Waals surface area contributed by atoms with E-state index in [2.05, 4.69) is 19.9 Å². The third kappa shape index (κ3) is 5.43. The number of H-pyrrole nitrogens is 1. The molecule has 31 heavy (non-hydrogen) atoms. The van der Waals surface area contributed by atoms with Gasteiger partial charge in [-0.2, -0.15) is 5.10 Å². The van der Waals surface area contributed by atoms with Crippen LogP contribution in [0.4, 0.5) is 0 Å². The Morgan fingerprint density at radius 1 is 1.16 bits per heavy atom. The predicted molar refractivity (Wildman–Crippen MR) is 114 cm³/mol. The number of ether oxygens (including phenoxy) is 1. The molecule has 1 saturated heterocycles. The van der Waals surface area contributed by atoms with Gasteiger partial charge in [-0.25, -0.2) is 18.1 Å². The van der Waals surface area contributed by atoms with Gasteiger partial charge in [0.2, 0.25) is 15.9 Å². The number of piperidine rings is 1. The van der Waals surface area contributed by atoms with Crippen LogP contribution in [0.25, 0.3) is 0 Å². The summed E-state index contributed by atoms with van der Waals surface area (Å²) >= 11 is 0. The summed E-state index contributed by atoms with van der Waals surface area (Å²) in [6, 6.07) is 6.24. The van der Waals surface area contributed by atoms with E-state index in [0.717, 1.165) is 24.5 Å². The minimum atomic E-state index is -3.66. The van der Waals surface area contributed by atoms with Crippen LogP contribution in [0.3, 0.4) is 0 Å². The zero-order chi connectivity index (χ0) is 21.8. The normalized spacial score (nSPS) is 17.6. The lowest BCUT2D eigenvalue weighted by Gasteiger charge is -2.31. The third-order valence-electron chi connectivity index (χ3n) is 5.77. The quantitative estimate of drug-likeness (QED) is 0.608. The molecule has 0 bridgehead atoms. The van der Waals surface area contributed by atoms with Crippen molar-refractivity contribution in [2.24, 2.45) is 0 Å². The number of hydrogen-bond donors (Lipinski definition) is 2. The number of aromatic nitrogens is 3. The van der Waals surface area contributed by atoms with E-state index in [9.17, 15) is 13.2 Å². The van der Waals surface area contributed by atoms with Gasteiger partial charge in [0.15, 0.2) is 5.82 Å². The molecule has 0 spiro atoms. The van der Waals surface area contributed by atoms with Crippen LogP contribution in [0.2, 0.25) is 0 Å². The first-order valence-electron chi connectivity index (χ1n) is 10.9. The zero-order valence-corrected chi connectivity index (χ0v) is 18.5. The largest absolute Gasteiger partial charge is 0.494 e. The van der Waals surface area contributed by atoms with Crippen molar-refractivity contribution in [1.82, 2.24) is 24.8 Å². The van der Waals surface area contributed by atoms with Crippen LogP contribution in [0.15, 0.2) is 29.2 Å². The van der Waals surface area contributed by atoms with Gasteiger partial charge in [0.25, 0.3) is 0 Å². The van der Waals surface area contributed by atoms with Gasteiger partial charge in [-0.05, 0) is 56.9 Å². The first-order chi connectivity index (χ1) is 15.0. The van der Waals surface area contributed by atoms with Gasteiger partial charge in [0.1, 0.15) is 11.6 Å². The van der Waals surface area contributed by atoms with Crippen molar-refractivity contribution in [3.8, 4) is 5.75 Å². The second kappa shape index (κ2) is 9.35. The Bertz CT molecular complexity index is 993. The van der Waals surface area contributed by atoms with E-state index < -0.39 is 10.0 Å². The van der Waals surface area contributed by atoms with Gasteiger partial charge in [0.05, 0.1) is 11.5 Å². The molecule has 2 fully saturated rings. The lowest BCUT2D eigenvalue weighted by atomic mass is 9.96. The summed E-state index contributed by atoms with van der Waals surface area (Å²) in [6.45, 7) is 3.75. The zero-order valence-electron chi connectivity index (χ0n) is 17.7. The molecule has 4 rings (SSSR count). The number of aromatic amines is 1.